The van der Waals surface area contributed by atoms with Gasteiger partial charge in [-0.25, -0.2) is 9.18 Å². The number of esters is 1. The predicted molar refractivity (Wildman–Crippen MR) is 105 cm³/mol. The maximum atomic E-state index is 14.2. The van der Waals surface area contributed by atoms with Crippen LogP contribution in [-0.4, -0.2) is 31.8 Å². The van der Waals surface area contributed by atoms with E-state index in [-0.39, 0.29) is 23.8 Å². The third kappa shape index (κ3) is 7.21. The highest BCUT2D eigenvalue weighted by Crippen LogP contribution is 2.36. The second-order valence-corrected chi connectivity index (χ2v) is 7.12. The number of rotatable bonds is 8. The summed E-state index contributed by atoms with van der Waals surface area (Å²) in [5.41, 5.74) is 0.611. The minimum atomic E-state index is -0.863. The van der Waals surface area contributed by atoms with Gasteiger partial charge in [0.2, 0.25) is 0 Å². The summed E-state index contributed by atoms with van der Waals surface area (Å²) in [6.45, 7) is 0.424. The van der Waals surface area contributed by atoms with Crippen LogP contribution in [0.5, 0.6) is 0 Å². The number of carbonyl (C=O) groups excluding carboxylic acids is 2. The molecule has 0 aliphatic heterocycles. The number of hydrogen-bond acceptors (Lipinski definition) is 3. The maximum absolute atomic E-state index is 14.2. The molecule has 0 heterocycles. The molecular formula is C20H26ClFN2O3. The number of alkyl halides is 1. The SMILES string of the molecule is COC(=O)CC/C=C\C[C@@H]1[C@@H](CNC(=O)Nc2cccc(Cl)c2)CC[C@H]1F. The van der Waals surface area contributed by atoms with Crippen molar-refractivity contribution in [1.82, 2.24) is 5.32 Å². The van der Waals surface area contributed by atoms with Gasteiger partial charge < -0.3 is 15.4 Å². The topological polar surface area (TPSA) is 67.4 Å². The summed E-state index contributed by atoms with van der Waals surface area (Å²) < 4.78 is 18.8. The zero-order valence-electron chi connectivity index (χ0n) is 15.4. The molecule has 1 aromatic rings. The molecule has 148 valence electrons. The fourth-order valence-electron chi connectivity index (χ4n) is 3.33. The monoisotopic (exact) mass is 396 g/mol. The van der Waals surface area contributed by atoms with Crippen molar-refractivity contribution in [3.63, 3.8) is 0 Å². The molecule has 27 heavy (non-hydrogen) atoms. The third-order valence-corrected chi connectivity index (χ3v) is 5.04. The van der Waals surface area contributed by atoms with Gasteiger partial charge in [-0.2, -0.15) is 0 Å². The summed E-state index contributed by atoms with van der Waals surface area (Å²) in [6.07, 6.45) is 5.72. The van der Waals surface area contributed by atoms with Crippen molar-refractivity contribution in [3.05, 3.63) is 41.4 Å². The Morgan fingerprint density at radius 2 is 2.15 bits per heavy atom. The van der Waals surface area contributed by atoms with E-state index >= 15 is 0 Å². The molecule has 0 spiro atoms. The molecule has 0 radical (unpaired) electrons. The first-order chi connectivity index (χ1) is 13.0. The molecule has 0 saturated heterocycles. The van der Waals surface area contributed by atoms with E-state index in [4.69, 9.17) is 11.6 Å². The van der Waals surface area contributed by atoms with Gasteiger partial charge in [-0.3, -0.25) is 4.79 Å². The minimum Gasteiger partial charge on any atom is -0.469 e. The van der Waals surface area contributed by atoms with E-state index in [1.807, 2.05) is 12.2 Å². The molecule has 1 aliphatic carbocycles. The fraction of sp³-hybridized carbons (Fsp3) is 0.500. The maximum Gasteiger partial charge on any atom is 0.319 e. The summed E-state index contributed by atoms with van der Waals surface area (Å²) in [6, 6.07) is 6.57. The second-order valence-electron chi connectivity index (χ2n) is 6.68. The van der Waals surface area contributed by atoms with Crippen LogP contribution < -0.4 is 10.6 Å². The summed E-state index contributed by atoms with van der Waals surface area (Å²) in [5.74, 6) is -0.280. The molecule has 0 unspecified atom stereocenters. The van der Waals surface area contributed by atoms with Crippen molar-refractivity contribution in [2.45, 2.75) is 38.3 Å². The molecule has 1 aromatic carbocycles. The van der Waals surface area contributed by atoms with Gasteiger partial charge >= 0.3 is 12.0 Å². The van der Waals surface area contributed by atoms with Crippen LogP contribution in [0.3, 0.4) is 0 Å². The average molecular weight is 397 g/mol. The lowest BCUT2D eigenvalue weighted by Gasteiger charge is -2.20. The van der Waals surface area contributed by atoms with Gasteiger partial charge in [0, 0.05) is 23.7 Å². The molecule has 0 aromatic heterocycles. The lowest BCUT2D eigenvalue weighted by Crippen LogP contribution is -2.35. The number of hydrogen-bond donors (Lipinski definition) is 2. The van der Waals surface area contributed by atoms with Gasteiger partial charge in [0.25, 0.3) is 0 Å². The molecule has 2 rings (SSSR count). The van der Waals surface area contributed by atoms with Crippen LogP contribution in [-0.2, 0) is 9.53 Å². The van der Waals surface area contributed by atoms with Crippen molar-refractivity contribution in [1.29, 1.82) is 0 Å². The van der Waals surface area contributed by atoms with E-state index in [0.29, 0.717) is 42.9 Å². The lowest BCUT2D eigenvalue weighted by atomic mass is 9.91. The molecule has 0 bridgehead atoms. The molecule has 7 heteroatoms. The molecule has 2 N–H and O–H groups in total. The zero-order chi connectivity index (χ0) is 19.6. The van der Waals surface area contributed by atoms with Crippen LogP contribution in [0.2, 0.25) is 5.02 Å². The Morgan fingerprint density at radius 3 is 2.89 bits per heavy atom. The van der Waals surface area contributed by atoms with E-state index in [1.165, 1.54) is 7.11 Å². The van der Waals surface area contributed by atoms with Gasteiger partial charge in [0.15, 0.2) is 0 Å². The van der Waals surface area contributed by atoms with Crippen LogP contribution in [0.15, 0.2) is 36.4 Å². The van der Waals surface area contributed by atoms with Crippen molar-refractivity contribution >= 4 is 29.3 Å². The van der Waals surface area contributed by atoms with Crippen molar-refractivity contribution in [3.8, 4) is 0 Å². The second kappa shape index (κ2) is 10.9. The number of benzene rings is 1. The van der Waals surface area contributed by atoms with Crippen molar-refractivity contribution in [2.24, 2.45) is 11.8 Å². The van der Waals surface area contributed by atoms with E-state index < -0.39 is 6.17 Å². The Bertz CT molecular complexity index is 668. The number of urea groups is 1. The van der Waals surface area contributed by atoms with Crippen LogP contribution >= 0.6 is 11.6 Å². The molecular weight excluding hydrogens is 371 g/mol. The standard InChI is InChI=1S/C20H26ClFN2O3/c1-27-19(25)9-4-2-3-8-17-14(10-11-18(17)22)13-23-20(26)24-16-7-5-6-15(21)12-16/h2-3,5-7,12,14,17-18H,4,8-11,13H2,1H3,(H2,23,24,26)/b3-2-/t14-,17-,18-/m1/s1. The summed E-state index contributed by atoms with van der Waals surface area (Å²) in [7, 11) is 1.36. The number of methoxy groups -OCH3 is 1. The molecule has 3 atom stereocenters. The number of anilines is 1. The quantitative estimate of drug-likeness (QED) is 0.493. The normalized spacial score (nSPS) is 22.0. The van der Waals surface area contributed by atoms with E-state index in [9.17, 15) is 14.0 Å². The number of ether oxygens (including phenoxy) is 1. The van der Waals surface area contributed by atoms with Gasteiger partial charge in [-0.1, -0.05) is 29.8 Å². The summed E-state index contributed by atoms with van der Waals surface area (Å²) >= 11 is 5.90. The smallest absolute Gasteiger partial charge is 0.319 e. The molecule has 1 aliphatic rings. The van der Waals surface area contributed by atoms with Gasteiger partial charge in [-0.15, -0.1) is 0 Å². The van der Waals surface area contributed by atoms with Gasteiger partial charge in [0.1, 0.15) is 6.17 Å². The molecule has 5 nitrogen and oxygen atoms in total. The number of carbonyl (C=O) groups is 2. The number of nitrogens with one attached hydrogen (secondary N) is 2. The molecule has 1 saturated carbocycles. The zero-order valence-corrected chi connectivity index (χ0v) is 16.2. The Hall–Kier alpha value is -2.08. The Kier molecular flexibility index (Phi) is 8.58. The fourth-order valence-corrected chi connectivity index (χ4v) is 3.52. The van der Waals surface area contributed by atoms with E-state index in [2.05, 4.69) is 15.4 Å². The Morgan fingerprint density at radius 1 is 1.33 bits per heavy atom. The first-order valence-electron chi connectivity index (χ1n) is 9.16. The molecule has 2 amide bonds. The molecule has 1 fully saturated rings. The Labute approximate surface area is 164 Å². The van der Waals surface area contributed by atoms with E-state index in [0.717, 1.165) is 6.42 Å². The van der Waals surface area contributed by atoms with Crippen molar-refractivity contribution in [2.75, 3.05) is 19.0 Å². The van der Waals surface area contributed by atoms with Crippen LogP contribution in [0.1, 0.15) is 32.1 Å². The van der Waals surface area contributed by atoms with Crippen LogP contribution in [0.4, 0.5) is 14.9 Å². The summed E-state index contributed by atoms with van der Waals surface area (Å²) in [5, 5.41) is 6.09. The van der Waals surface area contributed by atoms with Crippen molar-refractivity contribution < 1.29 is 18.7 Å². The third-order valence-electron chi connectivity index (χ3n) is 4.81. The highest BCUT2D eigenvalue weighted by molar-refractivity contribution is 6.30. The van der Waals surface area contributed by atoms with Crippen LogP contribution in [0, 0.1) is 11.8 Å². The number of amides is 2. The number of allylic oxidation sites excluding steroid dienone is 2. The van der Waals surface area contributed by atoms with Gasteiger partial charge in [0.05, 0.1) is 7.11 Å². The predicted octanol–water partition coefficient (Wildman–Crippen LogP) is 4.73. The highest BCUT2D eigenvalue weighted by Gasteiger charge is 2.35. The van der Waals surface area contributed by atoms with Crippen LogP contribution in [0.25, 0.3) is 0 Å². The first-order valence-corrected chi connectivity index (χ1v) is 9.53. The minimum absolute atomic E-state index is 0.0929. The lowest BCUT2D eigenvalue weighted by molar-refractivity contribution is -0.140. The average Bonchev–Trinajstić information content (AvgIpc) is 2.99. The van der Waals surface area contributed by atoms with E-state index in [1.54, 1.807) is 24.3 Å². The first kappa shape index (κ1) is 21.2. The number of halogens is 2. The highest BCUT2D eigenvalue weighted by atomic mass is 35.5. The summed E-state index contributed by atoms with van der Waals surface area (Å²) in [4.78, 5) is 23.1. The van der Waals surface area contributed by atoms with Gasteiger partial charge in [-0.05, 0) is 55.7 Å². The Balaban J connectivity index is 1.76. The largest absolute Gasteiger partial charge is 0.469 e.